The first-order valence-corrected chi connectivity index (χ1v) is 8.25. The minimum atomic E-state index is -0.706. The topological polar surface area (TPSA) is 81.7 Å². The molecule has 2 aliphatic rings. The van der Waals surface area contributed by atoms with Gasteiger partial charge in [-0.25, -0.2) is 4.79 Å². The Morgan fingerprint density at radius 1 is 1.08 bits per heavy atom. The highest BCUT2D eigenvalue weighted by atomic mass is 16.5. The van der Waals surface area contributed by atoms with Gasteiger partial charge in [-0.3, -0.25) is 9.59 Å². The molecule has 0 aromatic heterocycles. The molecule has 2 fully saturated rings. The van der Waals surface area contributed by atoms with E-state index in [0.717, 1.165) is 31.2 Å². The summed E-state index contributed by atoms with van der Waals surface area (Å²) in [7, 11) is 1.30. The smallest absolute Gasteiger partial charge is 0.328 e. The Balaban J connectivity index is 1.59. The van der Waals surface area contributed by atoms with E-state index in [4.69, 9.17) is 9.47 Å². The highest BCUT2D eigenvalue weighted by Crippen LogP contribution is 2.31. The summed E-state index contributed by atoms with van der Waals surface area (Å²) in [6.07, 6.45) is 3.89. The van der Waals surface area contributed by atoms with Crippen LogP contribution in [0.2, 0.25) is 0 Å². The highest BCUT2D eigenvalue weighted by molar-refractivity contribution is 5.87. The van der Waals surface area contributed by atoms with Gasteiger partial charge in [0.15, 0.2) is 0 Å². The van der Waals surface area contributed by atoms with Gasteiger partial charge in [0.1, 0.15) is 11.8 Å². The minimum Gasteiger partial charge on any atom is -0.467 e. The van der Waals surface area contributed by atoms with Crippen molar-refractivity contribution in [1.82, 2.24) is 5.32 Å². The minimum absolute atomic E-state index is 0.0290. The van der Waals surface area contributed by atoms with Crippen LogP contribution in [0.4, 0.5) is 0 Å². The third-order valence-corrected chi connectivity index (χ3v) is 4.24. The number of benzene rings is 1. The van der Waals surface area contributed by atoms with Gasteiger partial charge in [-0.2, -0.15) is 0 Å². The Morgan fingerprint density at radius 3 is 2.25 bits per heavy atom. The van der Waals surface area contributed by atoms with Crippen molar-refractivity contribution in [3.63, 3.8) is 0 Å². The van der Waals surface area contributed by atoms with E-state index >= 15 is 0 Å². The molecule has 0 bridgehead atoms. The number of hydrogen-bond donors (Lipinski definition) is 1. The van der Waals surface area contributed by atoms with Gasteiger partial charge < -0.3 is 14.8 Å². The van der Waals surface area contributed by atoms with E-state index in [1.807, 2.05) is 0 Å². The number of ether oxygens (including phenoxy) is 2. The zero-order valence-electron chi connectivity index (χ0n) is 13.6. The van der Waals surface area contributed by atoms with Gasteiger partial charge in [0.05, 0.1) is 13.0 Å². The molecule has 1 atom stereocenters. The van der Waals surface area contributed by atoms with Gasteiger partial charge in [-0.05, 0) is 43.4 Å². The third-order valence-electron chi connectivity index (χ3n) is 4.24. The Kier molecular flexibility index (Phi) is 4.83. The molecule has 1 aromatic carbocycles. The van der Waals surface area contributed by atoms with Gasteiger partial charge in [-0.15, -0.1) is 0 Å². The van der Waals surface area contributed by atoms with Crippen LogP contribution in [0.1, 0.15) is 31.2 Å². The van der Waals surface area contributed by atoms with Crippen molar-refractivity contribution < 1.29 is 23.9 Å². The Hall–Kier alpha value is -2.37. The summed E-state index contributed by atoms with van der Waals surface area (Å²) in [5.74, 6) is -0.180. The van der Waals surface area contributed by atoms with Gasteiger partial charge >= 0.3 is 11.9 Å². The van der Waals surface area contributed by atoms with E-state index in [2.05, 4.69) is 5.32 Å². The van der Waals surface area contributed by atoms with E-state index in [0.29, 0.717) is 12.2 Å². The van der Waals surface area contributed by atoms with Crippen molar-refractivity contribution in [2.45, 2.75) is 38.1 Å². The monoisotopic (exact) mass is 331 g/mol. The lowest BCUT2D eigenvalue weighted by Crippen LogP contribution is -2.43. The summed E-state index contributed by atoms with van der Waals surface area (Å²) < 4.78 is 10.0. The fraction of sp³-hybridized carbons (Fsp3) is 0.500. The quantitative estimate of drug-likeness (QED) is 0.606. The summed E-state index contributed by atoms with van der Waals surface area (Å²) in [5, 5.41) is 2.75. The fourth-order valence-corrected chi connectivity index (χ4v) is 2.42. The fourth-order valence-electron chi connectivity index (χ4n) is 2.42. The van der Waals surface area contributed by atoms with Crippen molar-refractivity contribution in [2.24, 2.45) is 11.8 Å². The largest absolute Gasteiger partial charge is 0.467 e. The van der Waals surface area contributed by atoms with E-state index in [1.54, 1.807) is 24.3 Å². The maximum Gasteiger partial charge on any atom is 0.328 e. The molecule has 0 radical (unpaired) electrons. The van der Waals surface area contributed by atoms with Crippen LogP contribution in [0.15, 0.2) is 24.3 Å². The summed E-state index contributed by atoms with van der Waals surface area (Å²) in [5.41, 5.74) is 0.854. The second kappa shape index (κ2) is 7.03. The number of carbonyl (C=O) groups is 3. The van der Waals surface area contributed by atoms with Gasteiger partial charge in [-0.1, -0.05) is 12.1 Å². The molecule has 0 spiro atoms. The van der Waals surface area contributed by atoms with E-state index in [1.165, 1.54) is 7.11 Å². The maximum absolute atomic E-state index is 11.9. The van der Waals surface area contributed by atoms with Crippen LogP contribution in [-0.4, -0.2) is 31.0 Å². The zero-order chi connectivity index (χ0) is 17.1. The highest BCUT2D eigenvalue weighted by Gasteiger charge is 2.33. The molecule has 3 rings (SSSR count). The second-order valence-corrected chi connectivity index (χ2v) is 6.40. The first-order valence-electron chi connectivity index (χ1n) is 8.25. The van der Waals surface area contributed by atoms with E-state index in [9.17, 15) is 14.4 Å². The zero-order valence-corrected chi connectivity index (χ0v) is 13.6. The van der Waals surface area contributed by atoms with Crippen molar-refractivity contribution in [3.8, 4) is 5.75 Å². The molecule has 2 aliphatic carbocycles. The number of hydrogen-bond acceptors (Lipinski definition) is 5. The molecule has 24 heavy (non-hydrogen) atoms. The molecule has 0 saturated heterocycles. The number of esters is 2. The number of amides is 1. The average Bonchev–Trinajstić information content (AvgIpc) is 3.47. The molecule has 0 heterocycles. The molecule has 1 N–H and O–H groups in total. The third kappa shape index (κ3) is 4.34. The van der Waals surface area contributed by atoms with Crippen LogP contribution in [0.5, 0.6) is 5.75 Å². The predicted octanol–water partition coefficient (Wildman–Crippen LogP) is 1.61. The number of carbonyl (C=O) groups excluding carboxylic acids is 3. The molecule has 1 unspecified atom stereocenters. The number of methoxy groups -OCH3 is 1. The normalized spacial score (nSPS) is 17.7. The number of rotatable bonds is 7. The molecule has 2 saturated carbocycles. The summed E-state index contributed by atoms with van der Waals surface area (Å²) >= 11 is 0. The second-order valence-electron chi connectivity index (χ2n) is 6.40. The molecule has 1 amide bonds. The molecular weight excluding hydrogens is 310 g/mol. The van der Waals surface area contributed by atoms with Crippen molar-refractivity contribution in [2.75, 3.05) is 7.11 Å². The van der Waals surface area contributed by atoms with Crippen LogP contribution in [0.25, 0.3) is 0 Å². The Bertz CT molecular complexity index is 631. The van der Waals surface area contributed by atoms with Crippen LogP contribution in [0, 0.1) is 11.8 Å². The summed E-state index contributed by atoms with van der Waals surface area (Å²) in [6, 6.07) is 6.27. The van der Waals surface area contributed by atoms with E-state index in [-0.39, 0.29) is 23.7 Å². The van der Waals surface area contributed by atoms with Crippen molar-refractivity contribution in [3.05, 3.63) is 29.8 Å². The van der Waals surface area contributed by atoms with Crippen molar-refractivity contribution in [1.29, 1.82) is 0 Å². The lowest BCUT2D eigenvalue weighted by Gasteiger charge is -2.16. The van der Waals surface area contributed by atoms with Gasteiger partial charge in [0.25, 0.3) is 0 Å². The first kappa shape index (κ1) is 16.5. The standard InChI is InChI=1S/C18H21NO5/c1-23-18(22)15(19-16(20)12-4-5-12)10-11-2-8-14(9-3-11)24-17(21)13-6-7-13/h2-3,8-9,12-13,15H,4-7,10H2,1H3,(H,19,20). The predicted molar refractivity (Wildman–Crippen MR) is 85.2 cm³/mol. The first-order chi connectivity index (χ1) is 11.6. The molecule has 0 aliphatic heterocycles. The molecule has 6 nitrogen and oxygen atoms in total. The van der Waals surface area contributed by atoms with Gasteiger partial charge in [0, 0.05) is 12.3 Å². The molecule has 1 aromatic rings. The maximum atomic E-state index is 11.9. The lowest BCUT2D eigenvalue weighted by molar-refractivity contribution is -0.145. The summed E-state index contributed by atoms with van der Waals surface area (Å²) in [4.78, 5) is 35.4. The van der Waals surface area contributed by atoms with E-state index < -0.39 is 12.0 Å². The van der Waals surface area contributed by atoms with Crippen molar-refractivity contribution >= 4 is 17.8 Å². The molecule has 6 heteroatoms. The van der Waals surface area contributed by atoms with Gasteiger partial charge in [0.2, 0.25) is 5.91 Å². The molecular formula is C18H21NO5. The number of nitrogens with one attached hydrogen (secondary N) is 1. The average molecular weight is 331 g/mol. The van der Waals surface area contributed by atoms with Crippen LogP contribution in [-0.2, 0) is 25.5 Å². The SMILES string of the molecule is COC(=O)C(Cc1ccc(OC(=O)C2CC2)cc1)NC(=O)C1CC1. The Labute approximate surface area is 140 Å². The van der Waals surface area contributed by atoms with Crippen LogP contribution >= 0.6 is 0 Å². The molecule has 128 valence electrons. The Morgan fingerprint density at radius 2 is 1.71 bits per heavy atom. The van der Waals surface area contributed by atoms with Crippen LogP contribution in [0.3, 0.4) is 0 Å². The lowest BCUT2D eigenvalue weighted by atomic mass is 10.1. The summed E-state index contributed by atoms with van der Waals surface area (Å²) in [6.45, 7) is 0. The van der Waals surface area contributed by atoms with Crippen LogP contribution < -0.4 is 10.1 Å².